The summed E-state index contributed by atoms with van der Waals surface area (Å²) in [5.74, 6) is 0.241. The molecule has 3 aliphatic carbocycles. The van der Waals surface area contributed by atoms with Crippen LogP contribution in [-0.2, 0) is 14.3 Å². The predicted octanol–water partition coefficient (Wildman–Crippen LogP) is 6.12. The van der Waals surface area contributed by atoms with Crippen LogP contribution in [0.1, 0.15) is 105 Å². The number of aliphatic hydroxyl groups excluding tert-OH is 1. The van der Waals surface area contributed by atoms with Crippen molar-refractivity contribution in [3.8, 4) is 0 Å². The van der Waals surface area contributed by atoms with Crippen molar-refractivity contribution < 1.29 is 29.6 Å². The van der Waals surface area contributed by atoms with E-state index in [-0.39, 0.29) is 24.4 Å². The van der Waals surface area contributed by atoms with Crippen LogP contribution in [0.2, 0.25) is 0 Å². The number of aliphatic hydroxyl groups is 2. The maximum Gasteiger partial charge on any atom is 0.306 e. The van der Waals surface area contributed by atoms with E-state index in [1.165, 1.54) is 31.3 Å². The Kier molecular flexibility index (Phi) is 9.85. The molecule has 0 aromatic rings. The van der Waals surface area contributed by atoms with E-state index < -0.39 is 23.6 Å². The van der Waals surface area contributed by atoms with Crippen molar-refractivity contribution in [2.75, 3.05) is 0 Å². The first kappa shape index (κ1) is 29.6. The fourth-order valence-electron chi connectivity index (χ4n) is 7.12. The minimum atomic E-state index is -1.06. The lowest BCUT2D eigenvalue weighted by atomic mass is 9.60. The molecule has 3 N–H and O–H groups in total. The number of hydrogen-bond acceptors (Lipinski definition) is 5. The molecule has 3 fully saturated rings. The molecule has 208 valence electrons. The zero-order valence-corrected chi connectivity index (χ0v) is 23.3. The van der Waals surface area contributed by atoms with E-state index in [0.29, 0.717) is 30.6 Å². The molecule has 0 radical (unpaired) electrons. The molecule has 0 spiro atoms. The van der Waals surface area contributed by atoms with Crippen molar-refractivity contribution in [1.82, 2.24) is 0 Å². The van der Waals surface area contributed by atoms with Crippen LogP contribution in [0.4, 0.5) is 0 Å². The fraction of sp³-hybridized carbons (Fsp3) is 0.742. The van der Waals surface area contributed by atoms with Gasteiger partial charge in [-0.1, -0.05) is 43.7 Å². The van der Waals surface area contributed by atoms with Crippen molar-refractivity contribution in [3.63, 3.8) is 0 Å². The number of rotatable bonds is 10. The highest BCUT2D eigenvalue weighted by Gasteiger charge is 2.50. The Bertz CT molecular complexity index is 909. The monoisotopic (exact) mass is 516 g/mol. The highest BCUT2D eigenvalue weighted by atomic mass is 16.5. The smallest absolute Gasteiger partial charge is 0.306 e. The Morgan fingerprint density at radius 2 is 1.89 bits per heavy atom. The van der Waals surface area contributed by atoms with Gasteiger partial charge in [0.1, 0.15) is 6.10 Å². The van der Waals surface area contributed by atoms with Crippen LogP contribution in [0.15, 0.2) is 35.5 Å². The van der Waals surface area contributed by atoms with Crippen LogP contribution in [-0.4, -0.2) is 45.1 Å². The third-order valence-corrected chi connectivity index (χ3v) is 9.45. The summed E-state index contributed by atoms with van der Waals surface area (Å²) < 4.78 is 5.56. The molecule has 3 aliphatic rings. The van der Waals surface area contributed by atoms with E-state index in [2.05, 4.69) is 32.6 Å². The second kappa shape index (κ2) is 12.3. The summed E-state index contributed by atoms with van der Waals surface area (Å²) >= 11 is 0. The summed E-state index contributed by atoms with van der Waals surface area (Å²) in [5, 5.41) is 29.2. The Morgan fingerprint density at radius 1 is 1.16 bits per heavy atom. The van der Waals surface area contributed by atoms with E-state index in [0.717, 1.165) is 36.8 Å². The molecule has 6 unspecified atom stereocenters. The number of hydrogen-bond donors (Lipinski definition) is 3. The van der Waals surface area contributed by atoms with Crippen molar-refractivity contribution in [2.24, 2.45) is 23.2 Å². The number of fused-ring (bicyclic) bond motifs is 1. The standard InChI is InChI=1S/C31H48O6/c1-20-8-12-24(37-29(35)17-16-28(33)34)19-23(20)11-10-22-7-6-18-31(5)25(13-14-26(22)31)21(2)9-15-27(32)30(3,4)36/h10-11,21,24-27,32,36H,1,6-9,12-19H2,2-5H3,(H,33,34). The zero-order chi connectivity index (χ0) is 27.4. The molecule has 3 saturated carbocycles. The first-order valence-electron chi connectivity index (χ1n) is 14.2. The maximum absolute atomic E-state index is 12.0. The van der Waals surface area contributed by atoms with Crippen LogP contribution in [0.3, 0.4) is 0 Å². The topological polar surface area (TPSA) is 104 Å². The molecule has 6 heteroatoms. The number of aliphatic carboxylic acids is 1. The number of carboxylic acids is 1. The van der Waals surface area contributed by atoms with Gasteiger partial charge in [-0.05, 0) is 100 Å². The predicted molar refractivity (Wildman–Crippen MR) is 145 cm³/mol. The van der Waals surface area contributed by atoms with Crippen molar-refractivity contribution in [2.45, 2.75) is 123 Å². The van der Waals surface area contributed by atoms with E-state index in [1.54, 1.807) is 13.8 Å². The highest BCUT2D eigenvalue weighted by Crippen LogP contribution is 2.60. The normalized spacial score (nSPS) is 32.3. The van der Waals surface area contributed by atoms with E-state index in [4.69, 9.17) is 9.84 Å². The van der Waals surface area contributed by atoms with Gasteiger partial charge in [0.2, 0.25) is 0 Å². The van der Waals surface area contributed by atoms with E-state index >= 15 is 0 Å². The molecular weight excluding hydrogens is 468 g/mol. The molecular formula is C31H48O6. The fourth-order valence-corrected chi connectivity index (χ4v) is 7.12. The number of ether oxygens (including phenoxy) is 1. The Morgan fingerprint density at radius 3 is 2.57 bits per heavy atom. The maximum atomic E-state index is 12.0. The van der Waals surface area contributed by atoms with Crippen molar-refractivity contribution >= 4 is 11.9 Å². The van der Waals surface area contributed by atoms with Crippen LogP contribution in [0.5, 0.6) is 0 Å². The van der Waals surface area contributed by atoms with Gasteiger partial charge in [0.25, 0.3) is 0 Å². The largest absolute Gasteiger partial charge is 0.481 e. The molecule has 0 bridgehead atoms. The average Bonchev–Trinajstić information content (AvgIpc) is 3.18. The number of esters is 1. The van der Waals surface area contributed by atoms with Crippen LogP contribution in [0, 0.1) is 23.2 Å². The third kappa shape index (κ3) is 7.57. The summed E-state index contributed by atoms with van der Waals surface area (Å²) in [6.45, 7) is 12.4. The summed E-state index contributed by atoms with van der Waals surface area (Å²) in [5.41, 5.74) is 2.94. The van der Waals surface area contributed by atoms with Gasteiger partial charge >= 0.3 is 11.9 Å². The lowest BCUT2D eigenvalue weighted by molar-refractivity contribution is -0.152. The van der Waals surface area contributed by atoms with Gasteiger partial charge < -0.3 is 20.1 Å². The van der Waals surface area contributed by atoms with Gasteiger partial charge in [-0.3, -0.25) is 9.59 Å². The number of carboxylic acid groups (broad SMARTS) is 1. The zero-order valence-electron chi connectivity index (χ0n) is 23.3. The molecule has 6 atom stereocenters. The van der Waals surface area contributed by atoms with Crippen LogP contribution in [0.25, 0.3) is 0 Å². The molecule has 0 aromatic heterocycles. The van der Waals surface area contributed by atoms with Crippen LogP contribution >= 0.6 is 0 Å². The number of carbonyl (C=O) groups excluding carboxylic acids is 1. The lowest BCUT2D eigenvalue weighted by Gasteiger charge is -2.44. The SMILES string of the molecule is C=C1CCC(OC(=O)CCC(=O)O)CC1=CC=C1CCCC2(C)C1CCC2C(C)CCC(O)C(C)(C)O. The van der Waals surface area contributed by atoms with Gasteiger partial charge in [-0.25, -0.2) is 0 Å². The van der Waals surface area contributed by atoms with Gasteiger partial charge in [0.05, 0.1) is 24.5 Å². The molecule has 6 nitrogen and oxygen atoms in total. The van der Waals surface area contributed by atoms with Crippen LogP contribution < -0.4 is 0 Å². The second-order valence-electron chi connectivity index (χ2n) is 12.6. The quantitative estimate of drug-likeness (QED) is 0.302. The Hall–Kier alpha value is -1.92. The second-order valence-corrected chi connectivity index (χ2v) is 12.6. The molecule has 37 heavy (non-hydrogen) atoms. The van der Waals surface area contributed by atoms with Gasteiger partial charge in [0, 0.05) is 6.42 Å². The Balaban J connectivity index is 1.65. The number of carbonyl (C=O) groups is 2. The summed E-state index contributed by atoms with van der Waals surface area (Å²) in [4.78, 5) is 22.7. The molecule has 0 heterocycles. The minimum absolute atomic E-state index is 0.0908. The van der Waals surface area contributed by atoms with Gasteiger partial charge in [0.15, 0.2) is 0 Å². The van der Waals surface area contributed by atoms with Gasteiger partial charge in [-0.2, -0.15) is 0 Å². The van der Waals surface area contributed by atoms with E-state index in [1.807, 2.05) is 0 Å². The average molecular weight is 517 g/mol. The molecule has 0 saturated heterocycles. The first-order chi connectivity index (χ1) is 17.3. The first-order valence-corrected chi connectivity index (χ1v) is 14.2. The Labute approximate surface area is 222 Å². The molecule has 3 rings (SSSR count). The summed E-state index contributed by atoms with van der Waals surface area (Å²) in [7, 11) is 0. The molecule has 0 aliphatic heterocycles. The van der Waals surface area contributed by atoms with E-state index in [9.17, 15) is 19.8 Å². The number of allylic oxidation sites excluding steroid dienone is 4. The summed E-state index contributed by atoms with van der Waals surface area (Å²) in [6, 6.07) is 0. The van der Waals surface area contributed by atoms with Gasteiger partial charge in [-0.15, -0.1) is 0 Å². The lowest BCUT2D eigenvalue weighted by Crippen LogP contribution is -2.38. The highest BCUT2D eigenvalue weighted by molar-refractivity contribution is 5.76. The summed E-state index contributed by atoms with van der Waals surface area (Å²) in [6.07, 6.45) is 12.9. The minimum Gasteiger partial charge on any atom is -0.481 e. The van der Waals surface area contributed by atoms with Crippen molar-refractivity contribution in [1.29, 1.82) is 0 Å². The molecule has 0 amide bonds. The molecule has 0 aromatic carbocycles. The third-order valence-electron chi connectivity index (χ3n) is 9.45. The van der Waals surface area contributed by atoms with Crippen molar-refractivity contribution in [3.05, 3.63) is 35.5 Å².